The van der Waals surface area contributed by atoms with Crippen LogP contribution in [0.15, 0.2) is 10.6 Å². The summed E-state index contributed by atoms with van der Waals surface area (Å²) in [6.45, 7) is 8.92. The summed E-state index contributed by atoms with van der Waals surface area (Å²) in [6.07, 6.45) is -2.64. The maximum absolute atomic E-state index is 11.8. The van der Waals surface area contributed by atoms with Gasteiger partial charge in [0.05, 0.1) is 5.69 Å². The highest BCUT2D eigenvalue weighted by atomic mass is 16.5. The van der Waals surface area contributed by atoms with Gasteiger partial charge in [0.15, 0.2) is 12.5 Å². The van der Waals surface area contributed by atoms with E-state index in [9.17, 15) is 19.8 Å². The Morgan fingerprint density at radius 2 is 1.77 bits per heavy atom. The van der Waals surface area contributed by atoms with Crippen molar-refractivity contribution in [3.05, 3.63) is 11.8 Å². The minimum atomic E-state index is -1.36. The van der Waals surface area contributed by atoms with Gasteiger partial charge in [-0.1, -0.05) is 25.9 Å². The standard InChI is InChI=1S/C11H17N3O4.C3H6O/c1-11(2,3)6-5-7(18-12-6)14-9(16)8(15)13(4)10(14)17;1-3(2)4/h5,8-9,15-16H,1-4H3;1-2H3. The molecule has 2 unspecified atom stereocenters. The number of anilines is 1. The predicted octanol–water partition coefficient (Wildman–Crippen LogP) is 1.08. The molecule has 2 heterocycles. The number of ketones is 1. The number of rotatable bonds is 1. The third kappa shape index (κ3) is 3.83. The molecule has 1 fully saturated rings. The van der Waals surface area contributed by atoms with E-state index in [-0.39, 0.29) is 17.1 Å². The van der Waals surface area contributed by atoms with E-state index in [4.69, 9.17) is 4.52 Å². The molecule has 0 aliphatic carbocycles. The summed E-state index contributed by atoms with van der Waals surface area (Å²) in [7, 11) is 1.40. The van der Waals surface area contributed by atoms with Gasteiger partial charge in [0, 0.05) is 18.5 Å². The number of hydrogen-bond acceptors (Lipinski definition) is 6. The van der Waals surface area contributed by atoms with Gasteiger partial charge >= 0.3 is 6.03 Å². The zero-order valence-corrected chi connectivity index (χ0v) is 13.7. The second kappa shape index (κ2) is 6.45. The Balaban J connectivity index is 0.000000541. The van der Waals surface area contributed by atoms with Crippen molar-refractivity contribution in [3.63, 3.8) is 0 Å². The third-order valence-corrected chi connectivity index (χ3v) is 2.94. The summed E-state index contributed by atoms with van der Waals surface area (Å²) < 4.78 is 5.07. The quantitative estimate of drug-likeness (QED) is 0.803. The molecule has 0 saturated carbocycles. The van der Waals surface area contributed by atoms with Gasteiger partial charge in [0.1, 0.15) is 5.78 Å². The van der Waals surface area contributed by atoms with Crippen molar-refractivity contribution in [2.24, 2.45) is 0 Å². The van der Waals surface area contributed by atoms with E-state index < -0.39 is 18.5 Å². The number of carbonyl (C=O) groups is 2. The highest BCUT2D eigenvalue weighted by Gasteiger charge is 2.45. The van der Waals surface area contributed by atoms with E-state index in [0.29, 0.717) is 5.69 Å². The van der Waals surface area contributed by atoms with Crippen molar-refractivity contribution in [2.45, 2.75) is 52.5 Å². The number of aliphatic hydroxyl groups excluding tert-OH is 2. The van der Waals surface area contributed by atoms with Gasteiger partial charge in [0.2, 0.25) is 5.88 Å². The lowest BCUT2D eigenvalue weighted by Crippen LogP contribution is -2.36. The molecule has 1 aliphatic heterocycles. The van der Waals surface area contributed by atoms with Gasteiger partial charge < -0.3 is 19.5 Å². The van der Waals surface area contributed by atoms with Crippen molar-refractivity contribution in [3.8, 4) is 0 Å². The Bertz CT molecular complexity index is 545. The molecular formula is C14H23N3O5. The molecule has 124 valence electrons. The fraction of sp³-hybridized carbons (Fsp3) is 0.643. The first-order valence-corrected chi connectivity index (χ1v) is 6.83. The minimum Gasteiger partial charge on any atom is -0.369 e. The van der Waals surface area contributed by atoms with Crippen molar-refractivity contribution < 1.29 is 24.3 Å². The number of hydrogen-bond donors (Lipinski definition) is 2. The second-order valence-corrected chi connectivity index (χ2v) is 6.30. The number of aliphatic hydroxyl groups is 2. The van der Waals surface area contributed by atoms with Gasteiger partial charge in [-0.25, -0.2) is 9.69 Å². The molecule has 0 aromatic carbocycles. The van der Waals surface area contributed by atoms with Gasteiger partial charge in [-0.2, -0.15) is 0 Å². The molecular weight excluding hydrogens is 290 g/mol. The molecule has 2 N–H and O–H groups in total. The highest BCUT2D eigenvalue weighted by Crippen LogP contribution is 2.30. The molecule has 0 radical (unpaired) electrons. The van der Waals surface area contributed by atoms with Crippen LogP contribution in [0.1, 0.15) is 40.3 Å². The fourth-order valence-corrected chi connectivity index (χ4v) is 1.69. The van der Waals surface area contributed by atoms with Gasteiger partial charge in [-0.15, -0.1) is 0 Å². The molecule has 2 atom stereocenters. The molecule has 1 aliphatic rings. The lowest BCUT2D eigenvalue weighted by atomic mass is 9.92. The topological polar surface area (TPSA) is 107 Å². The van der Waals surface area contributed by atoms with E-state index in [0.717, 1.165) is 9.80 Å². The van der Waals surface area contributed by atoms with Crippen molar-refractivity contribution >= 4 is 17.7 Å². The Hall–Kier alpha value is -1.93. The van der Waals surface area contributed by atoms with Crippen LogP contribution in [0.25, 0.3) is 0 Å². The van der Waals surface area contributed by atoms with Crippen molar-refractivity contribution in [2.75, 3.05) is 11.9 Å². The van der Waals surface area contributed by atoms with Crippen LogP contribution in [0.3, 0.4) is 0 Å². The van der Waals surface area contributed by atoms with Crippen molar-refractivity contribution in [1.29, 1.82) is 0 Å². The van der Waals surface area contributed by atoms with Crippen LogP contribution in [0.2, 0.25) is 0 Å². The normalized spacial score (nSPS) is 21.7. The zero-order chi connectivity index (χ0) is 17.2. The molecule has 2 rings (SSSR count). The lowest BCUT2D eigenvalue weighted by Gasteiger charge is -2.15. The molecule has 8 heteroatoms. The van der Waals surface area contributed by atoms with Crippen LogP contribution in [0.5, 0.6) is 0 Å². The summed E-state index contributed by atoms with van der Waals surface area (Å²) in [5.41, 5.74) is 0.446. The first-order chi connectivity index (χ1) is 9.96. The molecule has 1 aromatic heterocycles. The van der Waals surface area contributed by atoms with E-state index in [2.05, 4.69) is 5.16 Å². The van der Waals surface area contributed by atoms with Crippen LogP contribution < -0.4 is 4.90 Å². The van der Waals surface area contributed by atoms with Crippen LogP contribution >= 0.6 is 0 Å². The van der Waals surface area contributed by atoms with E-state index >= 15 is 0 Å². The Labute approximate surface area is 129 Å². The monoisotopic (exact) mass is 313 g/mol. The average molecular weight is 313 g/mol. The van der Waals surface area contributed by atoms with Crippen molar-refractivity contribution in [1.82, 2.24) is 10.1 Å². The summed E-state index contributed by atoms with van der Waals surface area (Å²) in [6, 6.07) is 1.05. The molecule has 0 spiro atoms. The summed E-state index contributed by atoms with van der Waals surface area (Å²) >= 11 is 0. The van der Waals surface area contributed by atoms with E-state index in [1.165, 1.54) is 20.9 Å². The zero-order valence-electron chi connectivity index (χ0n) is 13.7. The number of urea groups is 1. The number of nitrogens with zero attached hydrogens (tertiary/aromatic N) is 3. The van der Waals surface area contributed by atoms with Crippen LogP contribution in [-0.4, -0.2) is 51.6 Å². The Morgan fingerprint density at radius 1 is 1.27 bits per heavy atom. The SMILES string of the molecule is CC(C)=O.CN1C(=O)N(c2cc(C(C)(C)C)no2)C(O)C1O. The van der Waals surface area contributed by atoms with E-state index in [1.807, 2.05) is 20.8 Å². The molecule has 1 aromatic rings. The minimum absolute atomic E-state index is 0.126. The van der Waals surface area contributed by atoms with Crippen LogP contribution in [0.4, 0.5) is 10.7 Å². The number of likely N-dealkylation sites (N-methyl/N-ethyl adjacent to an activating group) is 1. The first kappa shape index (κ1) is 18.1. The molecule has 0 bridgehead atoms. The van der Waals surface area contributed by atoms with E-state index in [1.54, 1.807) is 6.07 Å². The summed E-state index contributed by atoms with van der Waals surface area (Å²) in [5.74, 6) is 0.292. The smallest absolute Gasteiger partial charge is 0.331 e. The second-order valence-electron chi connectivity index (χ2n) is 6.30. The number of Topliss-reactive ketones (excluding diaryl/α,β-unsaturated/α-hetero) is 1. The number of amides is 2. The Kier molecular flexibility index (Phi) is 5.31. The number of aromatic nitrogens is 1. The fourth-order valence-electron chi connectivity index (χ4n) is 1.69. The molecule has 22 heavy (non-hydrogen) atoms. The summed E-state index contributed by atoms with van der Waals surface area (Å²) in [4.78, 5) is 23.3. The molecule has 8 nitrogen and oxygen atoms in total. The maximum Gasteiger partial charge on any atom is 0.331 e. The highest BCUT2D eigenvalue weighted by molar-refractivity contribution is 5.93. The molecule has 1 saturated heterocycles. The van der Waals surface area contributed by atoms with Gasteiger partial charge in [0.25, 0.3) is 0 Å². The number of carbonyl (C=O) groups excluding carboxylic acids is 2. The van der Waals surface area contributed by atoms with Crippen LogP contribution in [0, 0.1) is 0 Å². The largest absolute Gasteiger partial charge is 0.369 e. The average Bonchev–Trinajstić information content (AvgIpc) is 2.91. The Morgan fingerprint density at radius 3 is 2.09 bits per heavy atom. The predicted molar refractivity (Wildman–Crippen MR) is 79.2 cm³/mol. The maximum atomic E-state index is 11.8. The summed E-state index contributed by atoms with van der Waals surface area (Å²) in [5, 5.41) is 23.2. The van der Waals surface area contributed by atoms with Gasteiger partial charge in [-0.3, -0.25) is 4.90 Å². The first-order valence-electron chi connectivity index (χ1n) is 6.83. The molecule has 2 amide bonds. The van der Waals surface area contributed by atoms with Gasteiger partial charge in [-0.05, 0) is 13.8 Å². The van der Waals surface area contributed by atoms with Crippen LogP contribution in [-0.2, 0) is 10.2 Å². The third-order valence-electron chi connectivity index (χ3n) is 2.94. The lowest BCUT2D eigenvalue weighted by molar-refractivity contribution is -0.115.